The maximum absolute atomic E-state index is 13.0. The molecule has 31 heavy (non-hydrogen) atoms. The van der Waals surface area contributed by atoms with E-state index in [2.05, 4.69) is 5.32 Å². The Balaban J connectivity index is 2.07. The number of urea groups is 1. The number of hydrogen-bond acceptors (Lipinski definition) is 5. The summed E-state index contributed by atoms with van der Waals surface area (Å²) in [6.45, 7) is 1.89. The van der Waals surface area contributed by atoms with E-state index in [0.29, 0.717) is 22.0 Å². The van der Waals surface area contributed by atoms with Gasteiger partial charge in [0.15, 0.2) is 0 Å². The molecule has 2 amide bonds. The average molecular weight is 445 g/mol. The van der Waals surface area contributed by atoms with Gasteiger partial charge in [-0.15, -0.1) is 0 Å². The predicted molar refractivity (Wildman–Crippen MR) is 114 cm³/mol. The number of carbonyl (C=O) groups is 3. The van der Waals surface area contributed by atoms with E-state index in [1.807, 2.05) is 0 Å². The van der Waals surface area contributed by atoms with Gasteiger partial charge in [0.25, 0.3) is 0 Å². The van der Waals surface area contributed by atoms with Crippen molar-refractivity contribution in [1.29, 1.82) is 0 Å². The van der Waals surface area contributed by atoms with Crippen molar-refractivity contribution in [1.82, 2.24) is 5.32 Å². The Labute approximate surface area is 184 Å². The summed E-state index contributed by atoms with van der Waals surface area (Å²) in [4.78, 5) is 38.4. The molecule has 0 radical (unpaired) electrons. The van der Waals surface area contributed by atoms with Gasteiger partial charge in [-0.05, 0) is 42.8 Å². The summed E-state index contributed by atoms with van der Waals surface area (Å²) in [5, 5.41) is 12.3. The molecule has 0 bridgehead atoms. The summed E-state index contributed by atoms with van der Waals surface area (Å²) >= 11 is 6.34. The fourth-order valence-electron chi connectivity index (χ4n) is 3.31. The van der Waals surface area contributed by atoms with Crippen LogP contribution in [0.2, 0.25) is 5.02 Å². The molecule has 1 aliphatic heterocycles. The number of allylic oxidation sites excluding steroid dienone is 1. The van der Waals surface area contributed by atoms with E-state index in [1.165, 1.54) is 36.3 Å². The molecule has 2 N–H and O–H groups in total. The molecule has 0 spiro atoms. The number of carbonyl (C=O) groups excluding carboxylic acids is 2. The molecular formula is C22H21ClN2O6. The van der Waals surface area contributed by atoms with Crippen LogP contribution in [0.4, 0.5) is 10.5 Å². The lowest BCUT2D eigenvalue weighted by Crippen LogP contribution is -2.48. The van der Waals surface area contributed by atoms with Crippen molar-refractivity contribution in [2.24, 2.45) is 0 Å². The number of anilines is 1. The molecule has 0 saturated heterocycles. The Bertz CT molecular complexity index is 1030. The van der Waals surface area contributed by atoms with Gasteiger partial charge < -0.3 is 19.9 Å². The van der Waals surface area contributed by atoms with Crippen LogP contribution >= 0.6 is 11.6 Å². The topological polar surface area (TPSA) is 105 Å². The quantitative estimate of drug-likeness (QED) is 0.497. The number of benzene rings is 2. The van der Waals surface area contributed by atoms with Crippen LogP contribution in [0, 0.1) is 0 Å². The molecule has 9 heteroatoms. The molecule has 0 aliphatic carbocycles. The van der Waals surface area contributed by atoms with Gasteiger partial charge in [0.1, 0.15) is 6.61 Å². The number of amides is 2. The second kappa shape index (κ2) is 9.63. The number of nitrogens with one attached hydrogen (secondary N) is 1. The van der Waals surface area contributed by atoms with E-state index in [1.54, 1.807) is 31.2 Å². The number of nitrogens with zero attached hydrogens (tertiary/aromatic N) is 1. The molecular weight excluding hydrogens is 424 g/mol. The Kier molecular flexibility index (Phi) is 6.94. The van der Waals surface area contributed by atoms with Gasteiger partial charge in [0.05, 0.1) is 29.5 Å². The smallest absolute Gasteiger partial charge is 0.338 e. The largest absolute Gasteiger partial charge is 0.478 e. The molecule has 0 fully saturated rings. The fourth-order valence-corrected chi connectivity index (χ4v) is 3.55. The van der Waals surface area contributed by atoms with Gasteiger partial charge in [-0.1, -0.05) is 29.8 Å². The minimum Gasteiger partial charge on any atom is -0.478 e. The van der Waals surface area contributed by atoms with Crippen molar-refractivity contribution in [2.75, 3.05) is 25.2 Å². The number of carboxylic acids is 1. The predicted octanol–water partition coefficient (Wildman–Crippen LogP) is 3.77. The molecule has 0 aromatic heterocycles. The van der Waals surface area contributed by atoms with E-state index in [9.17, 15) is 14.4 Å². The second-order valence-corrected chi connectivity index (χ2v) is 7.13. The molecule has 2 aromatic rings. The van der Waals surface area contributed by atoms with Crippen LogP contribution in [0.1, 0.15) is 28.9 Å². The summed E-state index contributed by atoms with van der Waals surface area (Å²) < 4.78 is 10.3. The summed E-state index contributed by atoms with van der Waals surface area (Å²) in [5.41, 5.74) is 1.59. The van der Waals surface area contributed by atoms with Crippen LogP contribution in [0.15, 0.2) is 59.8 Å². The maximum Gasteiger partial charge on any atom is 0.338 e. The van der Waals surface area contributed by atoms with Gasteiger partial charge in [-0.2, -0.15) is 0 Å². The third kappa shape index (κ3) is 4.70. The van der Waals surface area contributed by atoms with Crippen LogP contribution in [0.5, 0.6) is 0 Å². The number of methoxy groups -OCH3 is 1. The van der Waals surface area contributed by atoms with Crippen LogP contribution in [-0.4, -0.2) is 43.4 Å². The van der Waals surface area contributed by atoms with Crippen molar-refractivity contribution in [2.45, 2.75) is 13.0 Å². The Hall–Kier alpha value is -3.36. The SMILES string of the molecule is COCCOC(=O)C1=C(C)N(c2ccc(C(=O)O)cc2)C(=O)N[C@H]1c1ccccc1Cl. The van der Waals surface area contributed by atoms with Crippen LogP contribution < -0.4 is 10.2 Å². The molecule has 8 nitrogen and oxygen atoms in total. The average Bonchev–Trinajstić information content (AvgIpc) is 2.74. The molecule has 1 atom stereocenters. The molecule has 1 heterocycles. The highest BCUT2D eigenvalue weighted by atomic mass is 35.5. The lowest BCUT2D eigenvalue weighted by atomic mass is 9.94. The zero-order valence-corrected chi connectivity index (χ0v) is 17.7. The highest BCUT2D eigenvalue weighted by Gasteiger charge is 2.38. The molecule has 0 saturated carbocycles. The molecule has 3 rings (SSSR count). The summed E-state index contributed by atoms with van der Waals surface area (Å²) in [6.07, 6.45) is 0. The summed E-state index contributed by atoms with van der Waals surface area (Å²) in [6, 6.07) is 11.4. The molecule has 1 aliphatic rings. The minimum atomic E-state index is -1.08. The lowest BCUT2D eigenvalue weighted by Gasteiger charge is -2.35. The van der Waals surface area contributed by atoms with Gasteiger partial charge in [0.2, 0.25) is 0 Å². The molecule has 2 aromatic carbocycles. The molecule has 0 unspecified atom stereocenters. The van der Waals surface area contributed by atoms with E-state index >= 15 is 0 Å². The van der Waals surface area contributed by atoms with Crippen molar-refractivity contribution in [3.8, 4) is 0 Å². The van der Waals surface area contributed by atoms with E-state index < -0.39 is 24.0 Å². The van der Waals surface area contributed by atoms with Gasteiger partial charge in [-0.3, -0.25) is 4.90 Å². The first kappa shape index (κ1) is 22.3. The first-order valence-electron chi connectivity index (χ1n) is 9.40. The van der Waals surface area contributed by atoms with E-state index in [-0.39, 0.29) is 24.4 Å². The Morgan fingerprint density at radius 2 is 1.81 bits per heavy atom. The van der Waals surface area contributed by atoms with E-state index in [4.69, 9.17) is 26.2 Å². The summed E-state index contributed by atoms with van der Waals surface area (Å²) in [5.74, 6) is -1.70. The third-order valence-electron chi connectivity index (χ3n) is 4.81. The zero-order valence-electron chi connectivity index (χ0n) is 16.9. The van der Waals surface area contributed by atoms with Crippen LogP contribution in [-0.2, 0) is 14.3 Å². The Morgan fingerprint density at radius 3 is 2.42 bits per heavy atom. The number of esters is 1. The van der Waals surface area contributed by atoms with E-state index in [0.717, 1.165) is 0 Å². The van der Waals surface area contributed by atoms with Crippen molar-refractivity contribution < 1.29 is 29.0 Å². The monoisotopic (exact) mass is 444 g/mol. The second-order valence-electron chi connectivity index (χ2n) is 6.72. The number of carboxylic acid groups (broad SMARTS) is 1. The minimum absolute atomic E-state index is 0.0443. The number of halogens is 1. The van der Waals surface area contributed by atoms with Gasteiger partial charge in [0, 0.05) is 17.8 Å². The van der Waals surface area contributed by atoms with Gasteiger partial charge >= 0.3 is 18.0 Å². The van der Waals surface area contributed by atoms with Crippen molar-refractivity contribution in [3.05, 3.63) is 76.0 Å². The van der Waals surface area contributed by atoms with Crippen molar-refractivity contribution in [3.63, 3.8) is 0 Å². The fraction of sp³-hybridized carbons (Fsp3) is 0.227. The van der Waals surface area contributed by atoms with Crippen molar-refractivity contribution >= 4 is 35.3 Å². The normalized spacial score (nSPS) is 16.2. The highest BCUT2D eigenvalue weighted by Crippen LogP contribution is 2.36. The lowest BCUT2D eigenvalue weighted by molar-refractivity contribution is -0.140. The number of aromatic carboxylic acids is 1. The third-order valence-corrected chi connectivity index (χ3v) is 5.16. The molecule has 162 valence electrons. The van der Waals surface area contributed by atoms with Gasteiger partial charge in [-0.25, -0.2) is 14.4 Å². The summed E-state index contributed by atoms with van der Waals surface area (Å²) in [7, 11) is 1.49. The zero-order chi connectivity index (χ0) is 22.5. The number of ether oxygens (including phenoxy) is 2. The highest BCUT2D eigenvalue weighted by molar-refractivity contribution is 6.31. The number of hydrogen-bond donors (Lipinski definition) is 2. The first-order valence-corrected chi connectivity index (χ1v) is 9.78. The number of rotatable bonds is 7. The Morgan fingerprint density at radius 1 is 1.13 bits per heavy atom. The first-order chi connectivity index (χ1) is 14.8. The standard InChI is InChI=1S/C22H21ClN2O6/c1-13-18(21(28)31-12-11-30-2)19(16-5-3-4-6-17(16)23)24-22(29)25(13)15-9-7-14(8-10-15)20(26)27/h3-10,19H,11-12H2,1-2H3,(H,24,29)(H,26,27)/t19-/m0/s1. The van der Waals surface area contributed by atoms with Crippen LogP contribution in [0.3, 0.4) is 0 Å². The van der Waals surface area contributed by atoms with Crippen LogP contribution in [0.25, 0.3) is 0 Å². The maximum atomic E-state index is 13.0.